The van der Waals surface area contributed by atoms with Crippen LogP contribution in [0, 0.1) is 0 Å². The Bertz CT molecular complexity index is 938. The SMILES string of the molecule is COc1cc2c(NC3CCOCC3)nc(C3CCCNC3)nc2cc1OCCCN1CCCC1. The van der Waals surface area contributed by atoms with Gasteiger partial charge in [0.2, 0.25) is 0 Å². The van der Waals surface area contributed by atoms with E-state index >= 15 is 0 Å². The first-order valence-corrected chi connectivity index (χ1v) is 13.1. The molecule has 8 nitrogen and oxygen atoms in total. The fourth-order valence-corrected chi connectivity index (χ4v) is 5.30. The third kappa shape index (κ3) is 5.73. The number of ether oxygens (including phenoxy) is 3. The maximum absolute atomic E-state index is 6.21. The van der Waals surface area contributed by atoms with Crippen LogP contribution in [-0.4, -0.2) is 80.6 Å². The van der Waals surface area contributed by atoms with Gasteiger partial charge in [-0.05, 0) is 70.6 Å². The summed E-state index contributed by atoms with van der Waals surface area (Å²) in [6, 6.07) is 4.44. The highest BCUT2D eigenvalue weighted by atomic mass is 16.5. The number of nitrogens with one attached hydrogen (secondary N) is 2. The van der Waals surface area contributed by atoms with Crippen LogP contribution in [0.2, 0.25) is 0 Å². The van der Waals surface area contributed by atoms with Crippen LogP contribution in [-0.2, 0) is 4.74 Å². The van der Waals surface area contributed by atoms with E-state index in [1.54, 1.807) is 7.11 Å². The van der Waals surface area contributed by atoms with Gasteiger partial charge in [0.05, 0.1) is 19.2 Å². The lowest BCUT2D eigenvalue weighted by atomic mass is 9.98. The average molecular weight is 470 g/mol. The lowest BCUT2D eigenvalue weighted by molar-refractivity contribution is 0.0904. The van der Waals surface area contributed by atoms with E-state index in [-0.39, 0.29) is 0 Å². The number of nitrogens with zero attached hydrogens (tertiary/aromatic N) is 3. The fourth-order valence-electron chi connectivity index (χ4n) is 5.30. The predicted octanol–water partition coefficient (Wildman–Crippen LogP) is 3.56. The Labute approximate surface area is 202 Å². The van der Waals surface area contributed by atoms with E-state index in [0.717, 1.165) is 99.0 Å². The molecule has 0 bridgehead atoms. The van der Waals surface area contributed by atoms with Gasteiger partial charge in [-0.1, -0.05) is 0 Å². The van der Waals surface area contributed by atoms with Gasteiger partial charge in [-0.15, -0.1) is 0 Å². The number of hydrogen-bond acceptors (Lipinski definition) is 8. The van der Waals surface area contributed by atoms with Gasteiger partial charge < -0.3 is 29.7 Å². The number of benzene rings is 1. The Balaban J connectivity index is 1.40. The van der Waals surface area contributed by atoms with E-state index in [1.807, 2.05) is 12.1 Å². The summed E-state index contributed by atoms with van der Waals surface area (Å²) in [5.41, 5.74) is 0.917. The topological polar surface area (TPSA) is 80.8 Å². The Hall–Kier alpha value is -2.16. The van der Waals surface area contributed by atoms with Gasteiger partial charge in [-0.2, -0.15) is 0 Å². The molecule has 0 radical (unpaired) electrons. The number of anilines is 1. The van der Waals surface area contributed by atoms with Crippen LogP contribution >= 0.6 is 0 Å². The summed E-state index contributed by atoms with van der Waals surface area (Å²) in [5, 5.41) is 8.19. The summed E-state index contributed by atoms with van der Waals surface area (Å²) in [4.78, 5) is 12.6. The van der Waals surface area contributed by atoms with Crippen molar-refractivity contribution >= 4 is 16.7 Å². The fraction of sp³-hybridized carbons (Fsp3) is 0.692. The number of piperidine rings is 1. The monoisotopic (exact) mass is 469 g/mol. The highest BCUT2D eigenvalue weighted by molar-refractivity contribution is 5.92. The average Bonchev–Trinajstić information content (AvgIpc) is 3.41. The van der Waals surface area contributed by atoms with Gasteiger partial charge >= 0.3 is 0 Å². The molecule has 3 aliphatic rings. The summed E-state index contributed by atoms with van der Waals surface area (Å²) >= 11 is 0. The molecule has 8 heteroatoms. The van der Waals surface area contributed by atoms with Crippen molar-refractivity contribution < 1.29 is 14.2 Å². The molecule has 0 saturated carbocycles. The van der Waals surface area contributed by atoms with E-state index < -0.39 is 0 Å². The molecule has 1 unspecified atom stereocenters. The highest BCUT2D eigenvalue weighted by Crippen LogP contribution is 2.36. The third-order valence-electron chi connectivity index (χ3n) is 7.30. The summed E-state index contributed by atoms with van der Waals surface area (Å²) in [5.74, 6) is 3.65. The first-order chi connectivity index (χ1) is 16.8. The van der Waals surface area contributed by atoms with Gasteiger partial charge in [0, 0.05) is 49.7 Å². The molecule has 0 amide bonds. The number of hydrogen-bond donors (Lipinski definition) is 2. The second-order valence-corrected chi connectivity index (χ2v) is 9.78. The molecule has 0 spiro atoms. The Kier molecular flexibility index (Phi) is 7.98. The Morgan fingerprint density at radius 1 is 1.09 bits per heavy atom. The van der Waals surface area contributed by atoms with E-state index in [1.165, 1.54) is 25.9 Å². The molecule has 3 aliphatic heterocycles. The minimum atomic E-state index is 0.334. The predicted molar refractivity (Wildman–Crippen MR) is 134 cm³/mol. The largest absolute Gasteiger partial charge is 0.493 e. The molecule has 4 heterocycles. The molecule has 2 aromatic rings. The molecule has 1 aromatic carbocycles. The lowest BCUT2D eigenvalue weighted by Crippen LogP contribution is -2.31. The van der Waals surface area contributed by atoms with Crippen LogP contribution in [0.5, 0.6) is 11.5 Å². The number of rotatable bonds is 9. The third-order valence-corrected chi connectivity index (χ3v) is 7.30. The maximum Gasteiger partial charge on any atom is 0.163 e. The standard InChI is InChI=1S/C26H39N5O3/c1-32-23-16-21-22(17-24(23)34-13-5-12-31-10-2-3-11-31)29-25(19-6-4-9-27-18-19)30-26(21)28-20-7-14-33-15-8-20/h16-17,19-20,27H,2-15,18H2,1H3,(H,28,29,30). The summed E-state index contributed by atoms with van der Waals surface area (Å²) in [7, 11) is 1.70. The number of likely N-dealkylation sites (tertiary alicyclic amines) is 1. The van der Waals surface area contributed by atoms with Crippen LogP contribution in [0.15, 0.2) is 12.1 Å². The van der Waals surface area contributed by atoms with Crippen LogP contribution < -0.4 is 20.1 Å². The van der Waals surface area contributed by atoms with Gasteiger partial charge in [0.25, 0.3) is 0 Å². The van der Waals surface area contributed by atoms with Crippen molar-refractivity contribution in [3.8, 4) is 11.5 Å². The van der Waals surface area contributed by atoms with Crippen molar-refractivity contribution in [1.82, 2.24) is 20.2 Å². The zero-order valence-corrected chi connectivity index (χ0v) is 20.5. The van der Waals surface area contributed by atoms with Gasteiger partial charge in [0.1, 0.15) is 11.6 Å². The van der Waals surface area contributed by atoms with Crippen LogP contribution in [0.1, 0.15) is 56.7 Å². The van der Waals surface area contributed by atoms with Crippen molar-refractivity contribution in [2.75, 3.05) is 65.0 Å². The second-order valence-electron chi connectivity index (χ2n) is 9.78. The van der Waals surface area contributed by atoms with E-state index in [9.17, 15) is 0 Å². The van der Waals surface area contributed by atoms with E-state index in [2.05, 4.69) is 15.5 Å². The Morgan fingerprint density at radius 2 is 1.94 bits per heavy atom. The van der Waals surface area contributed by atoms with Crippen LogP contribution in [0.25, 0.3) is 10.9 Å². The first kappa shape index (κ1) is 23.6. The number of aromatic nitrogens is 2. The normalized spacial score (nSPS) is 22.2. The zero-order valence-electron chi connectivity index (χ0n) is 20.5. The van der Waals surface area contributed by atoms with Crippen LogP contribution in [0.4, 0.5) is 5.82 Å². The molecule has 0 aliphatic carbocycles. The van der Waals surface area contributed by atoms with Crippen molar-refractivity contribution in [2.24, 2.45) is 0 Å². The molecule has 5 rings (SSSR count). The number of methoxy groups -OCH3 is 1. The molecular formula is C26H39N5O3. The van der Waals surface area contributed by atoms with E-state index in [0.29, 0.717) is 18.6 Å². The van der Waals surface area contributed by atoms with Gasteiger partial charge in [-0.3, -0.25) is 0 Å². The Morgan fingerprint density at radius 3 is 2.71 bits per heavy atom. The molecule has 3 saturated heterocycles. The van der Waals surface area contributed by atoms with E-state index in [4.69, 9.17) is 24.2 Å². The van der Waals surface area contributed by atoms with Crippen molar-refractivity contribution in [1.29, 1.82) is 0 Å². The number of fused-ring (bicyclic) bond motifs is 1. The van der Waals surface area contributed by atoms with Gasteiger partial charge in [-0.25, -0.2) is 9.97 Å². The molecule has 2 N–H and O–H groups in total. The highest BCUT2D eigenvalue weighted by Gasteiger charge is 2.23. The summed E-state index contributed by atoms with van der Waals surface area (Å²) < 4.78 is 17.5. The summed E-state index contributed by atoms with van der Waals surface area (Å²) in [6.07, 6.45) is 7.90. The zero-order chi connectivity index (χ0) is 23.2. The minimum absolute atomic E-state index is 0.334. The maximum atomic E-state index is 6.21. The quantitative estimate of drug-likeness (QED) is 0.540. The van der Waals surface area contributed by atoms with Gasteiger partial charge in [0.15, 0.2) is 11.5 Å². The smallest absolute Gasteiger partial charge is 0.163 e. The molecule has 34 heavy (non-hydrogen) atoms. The minimum Gasteiger partial charge on any atom is -0.493 e. The van der Waals surface area contributed by atoms with Crippen molar-refractivity contribution in [3.05, 3.63) is 18.0 Å². The molecule has 3 fully saturated rings. The first-order valence-electron chi connectivity index (χ1n) is 13.1. The second kappa shape index (κ2) is 11.5. The lowest BCUT2D eigenvalue weighted by Gasteiger charge is -2.26. The molecule has 1 atom stereocenters. The van der Waals surface area contributed by atoms with Crippen LogP contribution in [0.3, 0.4) is 0 Å². The molecule has 186 valence electrons. The molecule has 1 aromatic heterocycles. The summed E-state index contributed by atoms with van der Waals surface area (Å²) in [6.45, 7) is 7.79. The van der Waals surface area contributed by atoms with Crippen molar-refractivity contribution in [3.63, 3.8) is 0 Å². The molecular weight excluding hydrogens is 430 g/mol. The van der Waals surface area contributed by atoms with Crippen molar-refractivity contribution in [2.45, 2.75) is 56.9 Å².